The zero-order valence-corrected chi connectivity index (χ0v) is 18.5. The molecule has 0 radical (unpaired) electrons. The fraction of sp³-hybridized carbons (Fsp3) is 0.692. The molecule has 3 heteroatoms. The molecule has 1 aromatic carbocycles. The molecule has 0 N–H and O–H groups in total. The first kappa shape index (κ1) is 19.6. The lowest BCUT2D eigenvalue weighted by atomic mass is 9.79. The van der Waals surface area contributed by atoms with Crippen LogP contribution in [0.25, 0.3) is 10.9 Å². The molecule has 158 valence electrons. The van der Waals surface area contributed by atoms with Gasteiger partial charge in [0.15, 0.2) is 0 Å². The van der Waals surface area contributed by atoms with E-state index in [1.807, 2.05) is 0 Å². The van der Waals surface area contributed by atoms with E-state index in [0.29, 0.717) is 6.04 Å². The molecule has 3 fully saturated rings. The van der Waals surface area contributed by atoms with Gasteiger partial charge in [0.1, 0.15) is 0 Å². The van der Waals surface area contributed by atoms with Gasteiger partial charge in [-0.3, -0.25) is 4.90 Å². The molecule has 0 spiro atoms. The Hall–Kier alpha value is -1.32. The van der Waals surface area contributed by atoms with E-state index in [4.69, 9.17) is 0 Å². The number of likely N-dealkylation sites (tertiary alicyclic amines) is 2. The zero-order chi connectivity index (χ0) is 19.8. The van der Waals surface area contributed by atoms with Crippen molar-refractivity contribution in [3.63, 3.8) is 0 Å². The Morgan fingerprint density at radius 2 is 1.59 bits per heavy atom. The van der Waals surface area contributed by atoms with Gasteiger partial charge in [-0.2, -0.15) is 0 Å². The summed E-state index contributed by atoms with van der Waals surface area (Å²) >= 11 is 0. The minimum atomic E-state index is 0.674. The smallest absolute Gasteiger partial charge is 0.0486 e. The zero-order valence-electron chi connectivity index (χ0n) is 18.5. The van der Waals surface area contributed by atoms with Crippen LogP contribution in [-0.4, -0.2) is 46.6 Å². The van der Waals surface area contributed by atoms with Crippen LogP contribution in [0.1, 0.15) is 70.4 Å². The lowest BCUT2D eigenvalue weighted by Crippen LogP contribution is -2.43. The number of aromatic nitrogens is 1. The lowest BCUT2D eigenvalue weighted by molar-refractivity contribution is 0.0893. The van der Waals surface area contributed by atoms with Gasteiger partial charge in [0.2, 0.25) is 0 Å². The van der Waals surface area contributed by atoms with Gasteiger partial charge in [0, 0.05) is 48.8 Å². The number of para-hydroxylation sites is 1. The molecule has 1 saturated carbocycles. The van der Waals surface area contributed by atoms with E-state index in [9.17, 15) is 0 Å². The Morgan fingerprint density at radius 1 is 0.862 bits per heavy atom. The van der Waals surface area contributed by atoms with E-state index in [1.165, 1.54) is 87.6 Å². The van der Waals surface area contributed by atoms with Crippen LogP contribution in [0.15, 0.2) is 30.5 Å². The third kappa shape index (κ3) is 4.01. The van der Waals surface area contributed by atoms with Gasteiger partial charge in [-0.1, -0.05) is 32.0 Å². The molecule has 0 amide bonds. The average molecular weight is 394 g/mol. The Balaban J connectivity index is 1.24. The first-order valence-electron chi connectivity index (χ1n) is 12.2. The number of benzene rings is 1. The molecule has 0 bridgehead atoms. The van der Waals surface area contributed by atoms with Gasteiger partial charge >= 0.3 is 0 Å². The highest BCUT2D eigenvalue weighted by molar-refractivity contribution is 5.84. The number of hydrogen-bond donors (Lipinski definition) is 0. The Bertz CT molecular complexity index is 802. The summed E-state index contributed by atoms with van der Waals surface area (Å²) in [5.74, 6) is 1.84. The second-order valence-corrected chi connectivity index (χ2v) is 10.3. The van der Waals surface area contributed by atoms with E-state index in [-0.39, 0.29) is 0 Å². The molecule has 29 heavy (non-hydrogen) atoms. The summed E-state index contributed by atoms with van der Waals surface area (Å²) in [4.78, 5) is 5.42. The first-order valence-corrected chi connectivity index (χ1v) is 12.2. The molecule has 3 nitrogen and oxygen atoms in total. The number of hydrogen-bond acceptors (Lipinski definition) is 2. The molecular weight excluding hydrogens is 354 g/mol. The molecule has 0 unspecified atom stereocenters. The highest BCUT2D eigenvalue weighted by Crippen LogP contribution is 2.36. The minimum Gasteiger partial charge on any atom is -0.344 e. The Labute approximate surface area is 177 Å². The molecule has 2 saturated heterocycles. The van der Waals surface area contributed by atoms with Crippen molar-refractivity contribution in [2.24, 2.45) is 11.8 Å². The summed E-state index contributed by atoms with van der Waals surface area (Å²) in [7, 11) is 0. The summed E-state index contributed by atoms with van der Waals surface area (Å²) in [5.41, 5.74) is 2.99. The van der Waals surface area contributed by atoms with Gasteiger partial charge in [0.25, 0.3) is 0 Å². The third-order valence-electron chi connectivity index (χ3n) is 8.26. The van der Waals surface area contributed by atoms with Crippen LogP contribution in [0.3, 0.4) is 0 Å². The van der Waals surface area contributed by atoms with E-state index >= 15 is 0 Å². The van der Waals surface area contributed by atoms with Crippen molar-refractivity contribution < 1.29 is 0 Å². The van der Waals surface area contributed by atoms with Crippen molar-refractivity contribution >= 4 is 10.9 Å². The predicted octanol–water partition coefficient (Wildman–Crippen LogP) is 5.70. The first-order chi connectivity index (χ1) is 14.2. The molecule has 5 rings (SSSR count). The molecule has 2 aromatic rings. The Morgan fingerprint density at radius 3 is 2.24 bits per heavy atom. The van der Waals surface area contributed by atoms with Crippen molar-refractivity contribution in [2.75, 3.05) is 26.2 Å². The maximum Gasteiger partial charge on any atom is 0.0486 e. The monoisotopic (exact) mass is 393 g/mol. The summed E-state index contributed by atoms with van der Waals surface area (Å²) < 4.78 is 2.64. The molecule has 2 aliphatic heterocycles. The highest BCUT2D eigenvalue weighted by Gasteiger charge is 2.30. The quantitative estimate of drug-likeness (QED) is 0.646. The predicted molar refractivity (Wildman–Crippen MR) is 122 cm³/mol. The third-order valence-corrected chi connectivity index (χ3v) is 8.26. The van der Waals surface area contributed by atoms with Crippen molar-refractivity contribution in [1.82, 2.24) is 14.4 Å². The molecule has 3 aliphatic rings. The van der Waals surface area contributed by atoms with Gasteiger partial charge in [-0.25, -0.2) is 0 Å². The SMILES string of the molecule is CC(C)C1CCC(N2CCC(n3cc(CN4CCC4)c4ccccc43)CC2)CC1. The summed E-state index contributed by atoms with van der Waals surface area (Å²) in [6, 6.07) is 10.6. The van der Waals surface area contributed by atoms with Crippen LogP contribution >= 0.6 is 0 Å². The fourth-order valence-electron chi connectivity index (χ4n) is 6.15. The number of rotatable bonds is 5. The maximum absolute atomic E-state index is 2.83. The van der Waals surface area contributed by atoms with Crippen molar-refractivity contribution in [1.29, 1.82) is 0 Å². The lowest BCUT2D eigenvalue weighted by Gasteiger charge is -2.42. The van der Waals surface area contributed by atoms with Crippen LogP contribution < -0.4 is 0 Å². The fourth-order valence-corrected chi connectivity index (χ4v) is 6.15. The van der Waals surface area contributed by atoms with E-state index in [1.54, 1.807) is 0 Å². The normalized spacial score (nSPS) is 27.6. The summed E-state index contributed by atoms with van der Waals surface area (Å²) in [6.45, 7) is 11.1. The van der Waals surface area contributed by atoms with E-state index < -0.39 is 0 Å². The second kappa shape index (κ2) is 8.43. The Kier molecular flexibility index (Phi) is 5.71. The second-order valence-electron chi connectivity index (χ2n) is 10.3. The molecule has 1 aliphatic carbocycles. The largest absolute Gasteiger partial charge is 0.344 e. The maximum atomic E-state index is 2.83. The van der Waals surface area contributed by atoms with Gasteiger partial charge in [0.05, 0.1) is 0 Å². The van der Waals surface area contributed by atoms with Crippen molar-refractivity contribution in [3.05, 3.63) is 36.0 Å². The number of piperidine rings is 1. The van der Waals surface area contributed by atoms with E-state index in [2.05, 4.69) is 58.7 Å². The van der Waals surface area contributed by atoms with Crippen LogP contribution in [0, 0.1) is 11.8 Å². The summed E-state index contributed by atoms with van der Waals surface area (Å²) in [5, 5.41) is 1.48. The minimum absolute atomic E-state index is 0.674. The molecule has 1 aromatic heterocycles. The molecule has 3 heterocycles. The number of fused-ring (bicyclic) bond motifs is 1. The van der Waals surface area contributed by atoms with Crippen molar-refractivity contribution in [2.45, 2.75) is 77.4 Å². The van der Waals surface area contributed by atoms with Gasteiger partial charge < -0.3 is 9.47 Å². The number of nitrogens with zero attached hydrogens (tertiary/aromatic N) is 3. The summed E-state index contributed by atoms with van der Waals surface area (Å²) in [6.07, 6.45) is 12.2. The van der Waals surface area contributed by atoms with Gasteiger partial charge in [-0.15, -0.1) is 0 Å². The van der Waals surface area contributed by atoms with E-state index in [0.717, 1.165) is 24.4 Å². The standard InChI is InChI=1S/C26H39N3/c1-20(2)21-8-10-23(11-9-21)28-16-12-24(13-17-28)29-19-22(18-27-14-5-15-27)25-6-3-4-7-26(25)29/h3-4,6-7,19-21,23-24H,5,8-18H2,1-2H3. The van der Waals surface area contributed by atoms with Gasteiger partial charge in [-0.05, 0) is 81.5 Å². The topological polar surface area (TPSA) is 11.4 Å². The average Bonchev–Trinajstić information content (AvgIpc) is 3.10. The highest BCUT2D eigenvalue weighted by atomic mass is 15.2. The van der Waals surface area contributed by atoms with Crippen LogP contribution in [0.5, 0.6) is 0 Å². The molecule has 0 atom stereocenters. The molecular formula is C26H39N3. The van der Waals surface area contributed by atoms with Crippen LogP contribution in [0.2, 0.25) is 0 Å². The van der Waals surface area contributed by atoms with Crippen LogP contribution in [-0.2, 0) is 6.54 Å². The van der Waals surface area contributed by atoms with Crippen molar-refractivity contribution in [3.8, 4) is 0 Å². The van der Waals surface area contributed by atoms with Crippen LogP contribution in [0.4, 0.5) is 0 Å².